The number of fused-ring (bicyclic) bond motifs is 1. The van der Waals surface area contributed by atoms with Gasteiger partial charge in [-0.15, -0.1) is 0 Å². The van der Waals surface area contributed by atoms with Gasteiger partial charge in [0.25, 0.3) is 15.9 Å². The van der Waals surface area contributed by atoms with Crippen LogP contribution in [0.3, 0.4) is 0 Å². The van der Waals surface area contributed by atoms with Crippen molar-refractivity contribution in [3.8, 4) is 0 Å². The number of thiazole rings is 1. The average molecular weight is 482 g/mol. The summed E-state index contributed by atoms with van der Waals surface area (Å²) in [6.07, 6.45) is 0. The summed E-state index contributed by atoms with van der Waals surface area (Å²) < 4.78 is 33.2. The van der Waals surface area contributed by atoms with E-state index in [1.807, 2.05) is 6.92 Å². The number of aryl methyl sites for hydroxylation is 1. The normalized spacial score (nSPS) is 11.2. The van der Waals surface area contributed by atoms with Crippen LogP contribution in [-0.4, -0.2) is 32.4 Å². The molecule has 4 aromatic rings. The van der Waals surface area contributed by atoms with Gasteiger partial charge in [-0.05, 0) is 55.5 Å². The van der Waals surface area contributed by atoms with Crippen LogP contribution in [0.15, 0.2) is 71.6 Å². The van der Waals surface area contributed by atoms with Gasteiger partial charge >= 0.3 is 5.97 Å². The fraction of sp³-hybridized carbons (Fsp3) is 0.0870. The Kier molecular flexibility index (Phi) is 6.12. The number of benzene rings is 3. The summed E-state index contributed by atoms with van der Waals surface area (Å²) in [5, 5.41) is 3.06. The monoisotopic (exact) mass is 481 g/mol. The summed E-state index contributed by atoms with van der Waals surface area (Å²) in [6.45, 7) is 1.87. The minimum Gasteiger partial charge on any atom is -0.465 e. The van der Waals surface area contributed by atoms with E-state index in [9.17, 15) is 18.0 Å². The van der Waals surface area contributed by atoms with Crippen LogP contribution in [0.25, 0.3) is 10.2 Å². The van der Waals surface area contributed by atoms with Crippen LogP contribution in [0.2, 0.25) is 0 Å². The van der Waals surface area contributed by atoms with Crippen molar-refractivity contribution in [3.63, 3.8) is 0 Å². The predicted octanol–water partition coefficient (Wildman–Crippen LogP) is 4.44. The molecule has 0 saturated carbocycles. The highest BCUT2D eigenvalue weighted by molar-refractivity contribution is 7.92. The third-order valence-corrected chi connectivity index (χ3v) is 7.07. The Hall–Kier alpha value is -3.76. The molecule has 10 heteroatoms. The number of rotatable bonds is 6. The van der Waals surface area contributed by atoms with E-state index >= 15 is 0 Å². The Balaban J connectivity index is 1.52. The second kappa shape index (κ2) is 9.00. The molecule has 168 valence electrons. The molecular weight excluding hydrogens is 462 g/mol. The molecule has 4 rings (SSSR count). The van der Waals surface area contributed by atoms with Crippen LogP contribution in [0.4, 0.5) is 10.8 Å². The second-order valence-corrected chi connectivity index (χ2v) is 9.86. The molecule has 0 fully saturated rings. The zero-order valence-electron chi connectivity index (χ0n) is 17.7. The van der Waals surface area contributed by atoms with Crippen LogP contribution < -0.4 is 10.0 Å². The van der Waals surface area contributed by atoms with Crippen LogP contribution in [0.1, 0.15) is 26.3 Å². The molecule has 1 amide bonds. The number of anilines is 2. The molecular formula is C23H19N3O5S2. The number of amides is 1. The van der Waals surface area contributed by atoms with Crippen LogP contribution >= 0.6 is 11.3 Å². The number of carbonyl (C=O) groups excluding carboxylic acids is 2. The molecule has 1 aromatic heterocycles. The highest BCUT2D eigenvalue weighted by Crippen LogP contribution is 2.28. The van der Waals surface area contributed by atoms with Crippen LogP contribution in [0.5, 0.6) is 0 Å². The van der Waals surface area contributed by atoms with Crippen molar-refractivity contribution >= 4 is 54.3 Å². The van der Waals surface area contributed by atoms with Crippen molar-refractivity contribution in [2.45, 2.75) is 11.8 Å². The van der Waals surface area contributed by atoms with Crippen molar-refractivity contribution in [2.24, 2.45) is 0 Å². The number of carbonyl (C=O) groups is 2. The van der Waals surface area contributed by atoms with Gasteiger partial charge in [-0.25, -0.2) is 18.2 Å². The van der Waals surface area contributed by atoms with Gasteiger partial charge in [0.1, 0.15) is 0 Å². The Morgan fingerprint density at radius 2 is 1.73 bits per heavy atom. The molecule has 0 aliphatic heterocycles. The number of hydrogen-bond acceptors (Lipinski definition) is 7. The lowest BCUT2D eigenvalue weighted by Gasteiger charge is -2.10. The van der Waals surface area contributed by atoms with Gasteiger partial charge in [0.05, 0.1) is 27.8 Å². The van der Waals surface area contributed by atoms with Crippen LogP contribution in [-0.2, 0) is 14.8 Å². The summed E-state index contributed by atoms with van der Waals surface area (Å²) in [5.41, 5.74) is 2.48. The maximum absolute atomic E-state index is 12.7. The highest BCUT2D eigenvalue weighted by atomic mass is 32.2. The van der Waals surface area contributed by atoms with Gasteiger partial charge in [0, 0.05) is 11.3 Å². The first-order valence-corrected chi connectivity index (χ1v) is 12.0. The minimum atomic E-state index is -3.79. The first kappa shape index (κ1) is 22.4. The highest BCUT2D eigenvalue weighted by Gasteiger charge is 2.16. The molecule has 1 heterocycles. The minimum absolute atomic E-state index is 0.128. The molecule has 2 N–H and O–H groups in total. The van der Waals surface area contributed by atoms with Crippen LogP contribution in [0, 0.1) is 6.92 Å². The molecule has 0 unspecified atom stereocenters. The number of esters is 1. The molecule has 33 heavy (non-hydrogen) atoms. The maximum atomic E-state index is 12.7. The van der Waals surface area contributed by atoms with Gasteiger partial charge < -0.3 is 4.74 Å². The number of hydrogen-bond donors (Lipinski definition) is 2. The maximum Gasteiger partial charge on any atom is 0.337 e. The second-order valence-electron chi connectivity index (χ2n) is 7.15. The Bertz CT molecular complexity index is 1460. The van der Waals surface area contributed by atoms with Crippen molar-refractivity contribution in [3.05, 3.63) is 83.4 Å². The Morgan fingerprint density at radius 1 is 0.970 bits per heavy atom. The Morgan fingerprint density at radius 3 is 2.45 bits per heavy atom. The molecule has 0 radical (unpaired) electrons. The molecule has 0 aliphatic rings. The number of sulfonamides is 1. The number of nitrogens with one attached hydrogen (secondary N) is 2. The first-order chi connectivity index (χ1) is 15.7. The van der Waals surface area contributed by atoms with E-state index in [4.69, 9.17) is 4.74 Å². The topological polar surface area (TPSA) is 114 Å². The SMILES string of the molecule is COC(=O)c1ccc2nc(NC(=O)c3cccc(NS(=O)(=O)c4ccc(C)cc4)c3)sc2c1. The number of methoxy groups -OCH3 is 1. The van der Waals surface area contributed by atoms with E-state index in [1.54, 1.807) is 48.5 Å². The molecule has 0 spiro atoms. The summed E-state index contributed by atoms with van der Waals surface area (Å²) in [7, 11) is -2.49. The van der Waals surface area contributed by atoms with E-state index in [1.165, 1.54) is 36.6 Å². The van der Waals surface area contributed by atoms with Gasteiger partial charge in [0.2, 0.25) is 0 Å². The van der Waals surface area contributed by atoms with E-state index in [0.717, 1.165) is 5.56 Å². The standard InChI is InChI=1S/C23H19N3O5S2/c1-14-6-9-18(10-7-14)33(29,30)26-17-5-3-4-15(12-17)21(27)25-23-24-19-11-8-16(22(28)31-2)13-20(19)32-23/h3-13,26H,1-2H3,(H,24,25,27). The fourth-order valence-corrected chi connectivity index (χ4v) is 5.00. The van der Waals surface area contributed by atoms with E-state index in [2.05, 4.69) is 15.0 Å². The van der Waals surface area contributed by atoms with E-state index in [0.29, 0.717) is 20.9 Å². The first-order valence-electron chi connectivity index (χ1n) is 9.75. The van der Waals surface area contributed by atoms with Gasteiger partial charge in [-0.3, -0.25) is 14.8 Å². The van der Waals surface area contributed by atoms with Crippen molar-refractivity contribution in [1.82, 2.24) is 4.98 Å². The van der Waals surface area contributed by atoms with Crippen molar-refractivity contribution in [2.75, 3.05) is 17.1 Å². The average Bonchev–Trinajstić information content (AvgIpc) is 3.20. The van der Waals surface area contributed by atoms with Gasteiger partial charge in [-0.2, -0.15) is 0 Å². The quantitative estimate of drug-likeness (QED) is 0.394. The number of ether oxygens (including phenoxy) is 1. The number of aromatic nitrogens is 1. The lowest BCUT2D eigenvalue weighted by molar-refractivity contribution is 0.0600. The zero-order valence-corrected chi connectivity index (χ0v) is 19.3. The summed E-state index contributed by atoms with van der Waals surface area (Å²) in [4.78, 5) is 28.9. The smallest absolute Gasteiger partial charge is 0.337 e. The summed E-state index contributed by atoms with van der Waals surface area (Å²) >= 11 is 1.21. The molecule has 8 nitrogen and oxygen atoms in total. The molecule has 0 aliphatic carbocycles. The largest absolute Gasteiger partial charge is 0.465 e. The molecule has 0 atom stereocenters. The van der Waals surface area contributed by atoms with E-state index in [-0.39, 0.29) is 16.1 Å². The van der Waals surface area contributed by atoms with Crippen molar-refractivity contribution < 1.29 is 22.7 Å². The van der Waals surface area contributed by atoms with Crippen molar-refractivity contribution in [1.29, 1.82) is 0 Å². The lowest BCUT2D eigenvalue weighted by Crippen LogP contribution is -2.15. The number of nitrogens with zero attached hydrogens (tertiary/aromatic N) is 1. The van der Waals surface area contributed by atoms with Gasteiger partial charge in [-0.1, -0.05) is 35.1 Å². The Labute approximate surface area is 194 Å². The lowest BCUT2D eigenvalue weighted by atomic mass is 10.2. The van der Waals surface area contributed by atoms with Gasteiger partial charge in [0.15, 0.2) is 5.13 Å². The predicted molar refractivity (Wildman–Crippen MR) is 127 cm³/mol. The summed E-state index contributed by atoms with van der Waals surface area (Å²) in [5.74, 6) is -0.903. The third-order valence-electron chi connectivity index (χ3n) is 4.74. The van der Waals surface area contributed by atoms with E-state index < -0.39 is 21.9 Å². The molecule has 0 bridgehead atoms. The zero-order chi connectivity index (χ0) is 23.6. The third kappa shape index (κ3) is 5.02. The molecule has 3 aromatic carbocycles. The summed E-state index contributed by atoms with van der Waals surface area (Å²) in [6, 6.07) is 17.6. The fourth-order valence-electron chi connectivity index (χ4n) is 3.05. The molecule has 0 saturated heterocycles.